The number of amides is 1. The van der Waals surface area contributed by atoms with Crippen molar-refractivity contribution in [3.05, 3.63) is 102 Å². The van der Waals surface area contributed by atoms with Crippen LogP contribution < -0.4 is 4.90 Å². The van der Waals surface area contributed by atoms with E-state index in [0.717, 1.165) is 36.4 Å². The van der Waals surface area contributed by atoms with E-state index in [-0.39, 0.29) is 26.3 Å². The summed E-state index contributed by atoms with van der Waals surface area (Å²) in [7, 11) is 0. The van der Waals surface area contributed by atoms with Crippen LogP contribution in [0.2, 0.25) is 0 Å². The average molecular weight is 539 g/mol. The van der Waals surface area contributed by atoms with E-state index >= 15 is 0 Å². The van der Waals surface area contributed by atoms with Gasteiger partial charge in [-0.2, -0.15) is 5.26 Å². The summed E-state index contributed by atoms with van der Waals surface area (Å²) in [6.45, 7) is 2.80. The highest BCUT2D eigenvalue weighted by Crippen LogP contribution is 2.41. The maximum absolute atomic E-state index is 13.7. The minimum atomic E-state index is -0.900. The first-order valence-electron chi connectivity index (χ1n) is 13.6. The number of benzene rings is 3. The number of carboxylic acid groups (broad SMARTS) is 1. The molecule has 40 heavy (non-hydrogen) atoms. The highest BCUT2D eigenvalue weighted by atomic mass is 16.4. The molecule has 2 aliphatic rings. The van der Waals surface area contributed by atoms with Gasteiger partial charge in [-0.05, 0) is 42.5 Å². The third-order valence-electron chi connectivity index (χ3n) is 8.39. The first kappa shape index (κ1) is 28.8. The number of aliphatic carboxylic acids is 1. The van der Waals surface area contributed by atoms with E-state index in [0.29, 0.717) is 25.9 Å². The molecule has 2 heterocycles. The molecule has 7 heteroatoms. The number of carboxylic acids is 1. The van der Waals surface area contributed by atoms with E-state index < -0.39 is 16.9 Å². The molecule has 0 unspecified atom stereocenters. The molecular weight excluding hydrogens is 500 g/mol. The van der Waals surface area contributed by atoms with Crippen molar-refractivity contribution in [3.8, 4) is 6.07 Å². The molecule has 0 aromatic heterocycles. The normalized spacial score (nSPS) is 16.9. The number of anilines is 1. The lowest BCUT2D eigenvalue weighted by Gasteiger charge is -2.44. The van der Waals surface area contributed by atoms with E-state index in [4.69, 9.17) is 0 Å². The summed E-state index contributed by atoms with van der Waals surface area (Å²) in [5.41, 5.74) is 1.52. The van der Waals surface area contributed by atoms with Gasteiger partial charge in [-0.25, -0.2) is 0 Å². The number of hydrogen-bond acceptors (Lipinski definition) is 5. The second-order valence-corrected chi connectivity index (χ2v) is 10.5. The molecule has 2 fully saturated rings. The fourth-order valence-electron chi connectivity index (χ4n) is 6.16. The van der Waals surface area contributed by atoms with Crippen molar-refractivity contribution in [2.75, 3.05) is 37.7 Å². The van der Waals surface area contributed by atoms with Crippen LogP contribution in [0.1, 0.15) is 44.2 Å². The molecule has 3 aromatic rings. The third kappa shape index (κ3) is 5.45. The molecule has 0 atom stereocenters. The van der Waals surface area contributed by atoms with E-state index in [1.807, 2.05) is 91.0 Å². The Balaban J connectivity index is 0.00000370. The highest BCUT2D eigenvalue weighted by Gasteiger charge is 2.53. The number of rotatable bonds is 9. The summed E-state index contributed by atoms with van der Waals surface area (Å²) in [5.74, 6) is -0.880. The fourth-order valence-corrected chi connectivity index (χ4v) is 6.16. The molecule has 2 aliphatic heterocycles. The molecule has 1 amide bonds. The summed E-state index contributed by atoms with van der Waals surface area (Å²) >= 11 is 0. The molecule has 0 aliphatic carbocycles. The van der Waals surface area contributed by atoms with Gasteiger partial charge < -0.3 is 19.8 Å². The van der Waals surface area contributed by atoms with Crippen LogP contribution in [0.4, 0.5) is 5.69 Å². The van der Waals surface area contributed by atoms with Gasteiger partial charge in [-0.15, -0.1) is 0 Å². The monoisotopic (exact) mass is 538 g/mol. The largest absolute Gasteiger partial charge is 0.481 e. The SMILES string of the molecule is C.N#CC(CCN1CCC2(CC1)C(=O)N(CCC(=O)O)CN2c1ccccc1)(c1ccccc1)c1ccccc1. The summed E-state index contributed by atoms with van der Waals surface area (Å²) in [4.78, 5) is 31.2. The molecular formula is C33H38N4O3. The van der Waals surface area contributed by atoms with Crippen molar-refractivity contribution in [3.63, 3.8) is 0 Å². The van der Waals surface area contributed by atoms with Crippen LogP contribution in [0.5, 0.6) is 0 Å². The highest BCUT2D eigenvalue weighted by molar-refractivity contribution is 5.93. The number of hydrogen-bond donors (Lipinski definition) is 1. The van der Waals surface area contributed by atoms with E-state index in [1.165, 1.54) is 0 Å². The Morgan fingerprint density at radius 3 is 1.90 bits per heavy atom. The Bertz CT molecular complexity index is 1280. The third-order valence-corrected chi connectivity index (χ3v) is 8.39. The zero-order valence-electron chi connectivity index (χ0n) is 22.1. The Hall–Kier alpha value is -4.15. The Morgan fingerprint density at radius 2 is 1.40 bits per heavy atom. The van der Waals surface area contributed by atoms with Crippen LogP contribution in [0.15, 0.2) is 91.0 Å². The van der Waals surface area contributed by atoms with Crippen molar-refractivity contribution in [1.82, 2.24) is 9.80 Å². The van der Waals surface area contributed by atoms with Gasteiger partial charge in [-0.1, -0.05) is 86.3 Å². The van der Waals surface area contributed by atoms with Crippen LogP contribution in [0, 0.1) is 11.3 Å². The first-order valence-corrected chi connectivity index (χ1v) is 13.6. The van der Waals surface area contributed by atoms with E-state index in [1.54, 1.807) is 4.90 Å². The lowest BCUT2D eigenvalue weighted by molar-refractivity contribution is -0.138. The van der Waals surface area contributed by atoms with Crippen molar-refractivity contribution < 1.29 is 14.7 Å². The Kier molecular flexibility index (Phi) is 8.91. The van der Waals surface area contributed by atoms with Crippen LogP contribution >= 0.6 is 0 Å². The summed E-state index contributed by atoms with van der Waals surface area (Å²) in [5, 5.41) is 19.7. The number of nitriles is 1. The second kappa shape index (κ2) is 12.4. The lowest BCUT2D eigenvalue weighted by Crippen LogP contribution is -2.56. The zero-order chi connectivity index (χ0) is 27.3. The molecule has 0 radical (unpaired) electrons. The smallest absolute Gasteiger partial charge is 0.305 e. The van der Waals surface area contributed by atoms with Gasteiger partial charge in [0.2, 0.25) is 5.91 Å². The molecule has 1 N–H and O–H groups in total. The number of likely N-dealkylation sites (tertiary alicyclic amines) is 1. The molecule has 1 spiro atoms. The maximum Gasteiger partial charge on any atom is 0.305 e. The van der Waals surface area contributed by atoms with Crippen LogP contribution in [-0.4, -0.2) is 65.2 Å². The maximum atomic E-state index is 13.7. The summed E-state index contributed by atoms with van der Waals surface area (Å²) in [6.07, 6.45) is 1.89. The van der Waals surface area contributed by atoms with E-state index in [2.05, 4.69) is 15.9 Å². The molecule has 7 nitrogen and oxygen atoms in total. The summed E-state index contributed by atoms with van der Waals surface area (Å²) < 4.78 is 0. The predicted octanol–water partition coefficient (Wildman–Crippen LogP) is 5.14. The average Bonchev–Trinajstić information content (AvgIpc) is 3.25. The topological polar surface area (TPSA) is 87.9 Å². The van der Waals surface area contributed by atoms with Crippen LogP contribution in [0.25, 0.3) is 0 Å². The molecule has 208 valence electrons. The Morgan fingerprint density at radius 1 is 0.875 bits per heavy atom. The van der Waals surface area contributed by atoms with Crippen LogP contribution in [-0.2, 0) is 15.0 Å². The number of carbonyl (C=O) groups is 2. The van der Waals surface area contributed by atoms with Gasteiger partial charge in [0.25, 0.3) is 0 Å². The van der Waals surface area contributed by atoms with Crippen molar-refractivity contribution >= 4 is 17.6 Å². The molecule has 5 rings (SSSR count). The minimum Gasteiger partial charge on any atom is -0.481 e. The van der Waals surface area contributed by atoms with Gasteiger partial charge in [0.05, 0.1) is 19.2 Å². The zero-order valence-corrected chi connectivity index (χ0v) is 22.1. The van der Waals surface area contributed by atoms with Gasteiger partial charge in [0.15, 0.2) is 0 Å². The van der Waals surface area contributed by atoms with Crippen molar-refractivity contribution in [2.24, 2.45) is 0 Å². The molecule has 0 bridgehead atoms. The second-order valence-electron chi connectivity index (χ2n) is 10.5. The van der Waals surface area contributed by atoms with Crippen LogP contribution in [0.3, 0.4) is 0 Å². The Labute approximate surface area is 237 Å². The number of piperidine rings is 1. The van der Waals surface area contributed by atoms with Gasteiger partial charge in [-0.3, -0.25) is 9.59 Å². The van der Waals surface area contributed by atoms with Gasteiger partial charge in [0, 0.05) is 31.9 Å². The summed E-state index contributed by atoms with van der Waals surface area (Å²) in [6, 6.07) is 32.6. The van der Waals surface area contributed by atoms with Crippen molar-refractivity contribution in [1.29, 1.82) is 5.26 Å². The standard InChI is InChI=1S/C32H34N4O3.CH4/c33-24-31(26-10-4-1-5-11-26,27-12-6-2-7-13-27)17-21-34-22-18-32(19-23-34)30(39)35(20-16-29(37)38)25-36(32)28-14-8-3-9-15-28;/h1-15H,16-23,25H2,(H,37,38);1H4. The molecule has 2 saturated heterocycles. The quantitative estimate of drug-likeness (QED) is 0.406. The minimum absolute atomic E-state index is 0. The first-order chi connectivity index (χ1) is 19.0. The fraction of sp³-hybridized carbons (Fsp3) is 0.364. The molecule has 3 aromatic carbocycles. The van der Waals surface area contributed by atoms with E-state index in [9.17, 15) is 20.0 Å². The van der Waals surface area contributed by atoms with Gasteiger partial charge in [0.1, 0.15) is 11.0 Å². The molecule has 0 saturated carbocycles. The van der Waals surface area contributed by atoms with Gasteiger partial charge >= 0.3 is 5.97 Å². The number of carbonyl (C=O) groups excluding carboxylic acids is 1. The lowest BCUT2D eigenvalue weighted by atomic mass is 9.73. The van der Waals surface area contributed by atoms with Crippen molar-refractivity contribution in [2.45, 2.75) is 44.1 Å². The number of nitrogens with zero attached hydrogens (tertiary/aromatic N) is 4. The predicted molar refractivity (Wildman–Crippen MR) is 157 cm³/mol. The number of para-hydroxylation sites is 1.